The summed E-state index contributed by atoms with van der Waals surface area (Å²) in [5.74, 6) is -2.42. The van der Waals surface area contributed by atoms with Crippen molar-refractivity contribution in [1.29, 1.82) is 0 Å². The Morgan fingerprint density at radius 3 is 2.15 bits per heavy atom. The van der Waals surface area contributed by atoms with E-state index < -0.39 is 37.1 Å². The number of carbonyl (C=O) groups excluding carboxylic acids is 3. The summed E-state index contributed by atoms with van der Waals surface area (Å²) >= 11 is 0. The first kappa shape index (κ1) is 20.1. The number of carbonyl (C=O) groups is 3. The van der Waals surface area contributed by atoms with Gasteiger partial charge < -0.3 is 18.5 Å². The van der Waals surface area contributed by atoms with Gasteiger partial charge in [0.2, 0.25) is 5.91 Å². The van der Waals surface area contributed by atoms with Crippen LogP contribution in [-0.4, -0.2) is 58.0 Å². The van der Waals surface area contributed by atoms with E-state index in [0.717, 1.165) is 33.3 Å². The Bertz CT molecular complexity index is 756. The second-order valence-electron chi connectivity index (χ2n) is 5.41. The molecule has 1 amide bonds. The fraction of sp³-hybridized carbons (Fsp3) is 0.438. The van der Waals surface area contributed by atoms with Crippen molar-refractivity contribution in [2.75, 3.05) is 33.3 Å². The first-order valence-corrected chi connectivity index (χ1v) is 9.22. The predicted octanol–water partition coefficient (Wildman–Crippen LogP) is 1.14. The van der Waals surface area contributed by atoms with E-state index in [2.05, 4.69) is 0 Å². The van der Waals surface area contributed by atoms with Crippen molar-refractivity contribution in [3.8, 4) is 0 Å². The molecule has 1 heterocycles. The third-order valence-corrected chi connectivity index (χ3v) is 6.37. The molecule has 0 aromatic heterocycles. The smallest absolute Gasteiger partial charge is 0.347 e. The van der Waals surface area contributed by atoms with Crippen LogP contribution in [0, 0.1) is 0 Å². The molecule has 0 N–H and O–H groups in total. The highest BCUT2D eigenvalue weighted by Crippen LogP contribution is 2.55. The van der Waals surface area contributed by atoms with E-state index in [4.69, 9.17) is 18.5 Å². The summed E-state index contributed by atoms with van der Waals surface area (Å²) in [7, 11) is 0.175. The lowest BCUT2D eigenvalue weighted by atomic mass is 10.1. The second kappa shape index (κ2) is 7.99. The molecule has 142 valence electrons. The topological polar surface area (TPSA) is 108 Å². The molecule has 1 aliphatic rings. The number of anilines is 1. The van der Waals surface area contributed by atoms with E-state index in [1.54, 1.807) is 24.3 Å². The van der Waals surface area contributed by atoms with Gasteiger partial charge in [0.1, 0.15) is 0 Å². The van der Waals surface area contributed by atoms with E-state index in [1.807, 2.05) is 0 Å². The summed E-state index contributed by atoms with van der Waals surface area (Å²) in [6.07, 6.45) is 0.0296. The van der Waals surface area contributed by atoms with Gasteiger partial charge in [-0.2, -0.15) is 0 Å². The van der Waals surface area contributed by atoms with Crippen molar-refractivity contribution >= 4 is 31.1 Å². The van der Waals surface area contributed by atoms with Crippen LogP contribution in [0.2, 0.25) is 0 Å². The van der Waals surface area contributed by atoms with Crippen LogP contribution in [0.5, 0.6) is 0 Å². The first-order chi connectivity index (χ1) is 12.3. The number of amides is 1. The van der Waals surface area contributed by atoms with Gasteiger partial charge in [-0.25, -0.2) is 4.79 Å². The Labute approximate surface area is 150 Å². The lowest BCUT2D eigenvalue weighted by Gasteiger charge is -2.33. The number of ether oxygens (including phenoxy) is 2. The molecule has 0 saturated carbocycles. The first-order valence-electron chi connectivity index (χ1n) is 7.61. The fourth-order valence-electron chi connectivity index (χ4n) is 2.93. The van der Waals surface area contributed by atoms with Crippen molar-refractivity contribution in [3.05, 3.63) is 29.8 Å². The molecule has 0 spiro atoms. The molecule has 2 atom stereocenters. The van der Waals surface area contributed by atoms with E-state index in [0.29, 0.717) is 11.3 Å². The molecule has 10 heteroatoms. The molecule has 2 rings (SSSR count). The molecule has 0 aliphatic carbocycles. The van der Waals surface area contributed by atoms with E-state index in [1.165, 1.54) is 0 Å². The Balaban J connectivity index is 2.66. The normalized spacial score (nSPS) is 16.0. The minimum atomic E-state index is -4.15. The number of fused-ring (bicyclic) bond motifs is 1. The van der Waals surface area contributed by atoms with E-state index in [-0.39, 0.29) is 6.42 Å². The number of methoxy groups -OCH3 is 2. The lowest BCUT2D eigenvalue weighted by molar-refractivity contribution is -0.149. The van der Waals surface area contributed by atoms with Gasteiger partial charge in [0, 0.05) is 19.9 Å². The molecule has 1 aromatic rings. The third kappa shape index (κ3) is 3.38. The molecule has 26 heavy (non-hydrogen) atoms. The molecule has 1 aromatic carbocycles. The molecule has 0 bridgehead atoms. The van der Waals surface area contributed by atoms with Crippen molar-refractivity contribution in [3.63, 3.8) is 0 Å². The largest absolute Gasteiger partial charge is 0.468 e. The monoisotopic (exact) mass is 385 g/mol. The number of esters is 2. The van der Waals surface area contributed by atoms with Gasteiger partial charge >= 0.3 is 19.5 Å². The number of hydrogen-bond acceptors (Lipinski definition) is 8. The maximum absolute atomic E-state index is 13.0. The predicted molar refractivity (Wildman–Crippen MR) is 90.9 cm³/mol. The van der Waals surface area contributed by atoms with Crippen molar-refractivity contribution < 1.29 is 37.5 Å². The van der Waals surface area contributed by atoms with E-state index in [9.17, 15) is 18.9 Å². The number of para-hydroxylation sites is 1. The fourth-order valence-corrected chi connectivity index (χ4v) is 4.50. The Hall–Kier alpha value is -2.22. The summed E-state index contributed by atoms with van der Waals surface area (Å²) in [5, 5.41) is 0. The van der Waals surface area contributed by atoms with Gasteiger partial charge in [0.15, 0.2) is 11.7 Å². The molecular formula is C16H20NO8P. The van der Waals surface area contributed by atoms with Crippen LogP contribution in [0.15, 0.2) is 24.3 Å². The van der Waals surface area contributed by atoms with Gasteiger partial charge in [-0.05, 0) is 11.6 Å². The van der Waals surface area contributed by atoms with Crippen LogP contribution in [0.25, 0.3) is 0 Å². The van der Waals surface area contributed by atoms with Crippen LogP contribution < -0.4 is 4.90 Å². The summed E-state index contributed by atoms with van der Waals surface area (Å²) in [6, 6.07) is 5.19. The highest BCUT2D eigenvalue weighted by molar-refractivity contribution is 7.55. The quantitative estimate of drug-likeness (QED) is 0.508. The number of nitrogens with zero attached hydrogens (tertiary/aromatic N) is 1. The van der Waals surface area contributed by atoms with Gasteiger partial charge in [0.05, 0.1) is 20.6 Å². The minimum Gasteiger partial charge on any atom is -0.468 e. The Morgan fingerprint density at radius 1 is 1.04 bits per heavy atom. The molecular weight excluding hydrogens is 365 g/mol. The van der Waals surface area contributed by atoms with Crippen molar-refractivity contribution in [2.45, 2.75) is 18.1 Å². The molecule has 9 nitrogen and oxygen atoms in total. The number of benzene rings is 1. The number of rotatable bonds is 7. The zero-order valence-corrected chi connectivity index (χ0v) is 15.7. The van der Waals surface area contributed by atoms with Crippen LogP contribution in [0.4, 0.5) is 5.69 Å². The average Bonchev–Trinajstić information content (AvgIpc) is 2.99. The third-order valence-electron chi connectivity index (χ3n) is 4.17. The van der Waals surface area contributed by atoms with Gasteiger partial charge in [-0.15, -0.1) is 0 Å². The summed E-state index contributed by atoms with van der Waals surface area (Å²) in [6.45, 7) is 0. The van der Waals surface area contributed by atoms with Crippen LogP contribution in [0.1, 0.15) is 5.56 Å². The number of hydrogen-bond donors (Lipinski definition) is 0. The molecule has 0 unspecified atom stereocenters. The van der Waals surface area contributed by atoms with Gasteiger partial charge in [-0.3, -0.25) is 19.1 Å². The molecule has 1 aliphatic heterocycles. The second-order valence-corrected chi connectivity index (χ2v) is 7.78. The van der Waals surface area contributed by atoms with Gasteiger partial charge in [-0.1, -0.05) is 18.2 Å². The summed E-state index contributed by atoms with van der Waals surface area (Å²) in [4.78, 5) is 38.6. The van der Waals surface area contributed by atoms with Crippen LogP contribution >= 0.6 is 7.60 Å². The highest BCUT2D eigenvalue weighted by Gasteiger charge is 2.55. The van der Waals surface area contributed by atoms with Crippen molar-refractivity contribution in [1.82, 2.24) is 0 Å². The summed E-state index contributed by atoms with van der Waals surface area (Å²) in [5.41, 5.74) is -0.634. The molecule has 0 saturated heterocycles. The van der Waals surface area contributed by atoms with E-state index >= 15 is 0 Å². The van der Waals surface area contributed by atoms with Gasteiger partial charge in [0.25, 0.3) is 0 Å². The van der Waals surface area contributed by atoms with Crippen LogP contribution in [0.3, 0.4) is 0 Å². The van der Waals surface area contributed by atoms with Crippen molar-refractivity contribution in [2.24, 2.45) is 0 Å². The molecule has 0 fully saturated rings. The lowest BCUT2D eigenvalue weighted by Crippen LogP contribution is -2.54. The average molecular weight is 385 g/mol. The van der Waals surface area contributed by atoms with Crippen LogP contribution in [-0.2, 0) is 43.9 Å². The zero-order chi connectivity index (χ0) is 19.5. The maximum Gasteiger partial charge on any atom is 0.347 e. The SMILES string of the molecule is COC(=O)[C@H]([C@@H](C(=O)OC)P(=O)(OC)OC)N1C(=O)Cc2ccccc21. The minimum absolute atomic E-state index is 0.0296. The maximum atomic E-state index is 13.0. The highest BCUT2D eigenvalue weighted by atomic mass is 31.2. The Morgan fingerprint density at radius 2 is 1.62 bits per heavy atom. The standard InChI is InChI=1S/C16H20NO8P/c1-22-15(19)13(14(16(20)23-2)26(21,24-3)25-4)17-11-8-6-5-7-10(11)9-12(17)18/h5-8,13-14H,9H2,1-4H3/t13-,14-/m0/s1. The zero-order valence-electron chi connectivity index (χ0n) is 14.8. The summed E-state index contributed by atoms with van der Waals surface area (Å²) < 4.78 is 32.3. The Kier molecular flexibility index (Phi) is 6.17. The molecule has 0 radical (unpaired) electrons.